The van der Waals surface area contributed by atoms with Crippen LogP contribution in [0, 0.1) is 0 Å². The number of anilines is 1. The number of sulfonamides is 1. The van der Waals surface area contributed by atoms with E-state index in [-0.39, 0.29) is 12.5 Å². The Morgan fingerprint density at radius 3 is 2.59 bits per heavy atom. The molecule has 1 amide bonds. The first kappa shape index (κ1) is 23.4. The molecule has 9 heteroatoms. The lowest BCUT2D eigenvalue weighted by Crippen LogP contribution is -2.41. The van der Waals surface area contributed by atoms with Crippen molar-refractivity contribution in [2.75, 3.05) is 36.0 Å². The molecule has 0 aliphatic carbocycles. The molecular formula is C20H25ClN2O4S2. The first-order valence-corrected chi connectivity index (χ1v) is 12.5. The Hall–Kier alpha value is -1.90. The molecule has 0 atom stereocenters. The fraction of sp³-hybridized carbons (Fsp3) is 0.350. The van der Waals surface area contributed by atoms with Crippen molar-refractivity contribution < 1.29 is 17.9 Å². The van der Waals surface area contributed by atoms with Crippen molar-refractivity contribution in [2.24, 2.45) is 0 Å². The molecule has 0 radical (unpaired) electrons. The number of amides is 1. The van der Waals surface area contributed by atoms with Crippen LogP contribution in [0.4, 0.5) is 5.69 Å². The van der Waals surface area contributed by atoms with Gasteiger partial charge in [-0.15, -0.1) is 0 Å². The number of benzene rings is 2. The summed E-state index contributed by atoms with van der Waals surface area (Å²) in [5, 5.41) is 3.47. The maximum absolute atomic E-state index is 12.3. The lowest BCUT2D eigenvalue weighted by Gasteiger charge is -2.22. The van der Waals surface area contributed by atoms with Gasteiger partial charge in [-0.05, 0) is 36.8 Å². The van der Waals surface area contributed by atoms with Crippen LogP contribution >= 0.6 is 23.4 Å². The number of nitrogens with one attached hydrogen (secondary N) is 1. The molecule has 0 aromatic heterocycles. The Kier molecular flexibility index (Phi) is 9.13. The molecule has 1 N–H and O–H groups in total. The predicted molar refractivity (Wildman–Crippen MR) is 120 cm³/mol. The van der Waals surface area contributed by atoms with Gasteiger partial charge in [-0.25, -0.2) is 8.42 Å². The first-order valence-electron chi connectivity index (χ1n) is 9.09. The van der Waals surface area contributed by atoms with Gasteiger partial charge in [0, 0.05) is 29.1 Å². The number of halogens is 1. The lowest BCUT2D eigenvalue weighted by molar-refractivity contribution is -0.119. The Bertz CT molecular complexity index is 905. The molecule has 2 aromatic rings. The van der Waals surface area contributed by atoms with Gasteiger partial charge >= 0.3 is 0 Å². The van der Waals surface area contributed by atoms with E-state index >= 15 is 0 Å². The predicted octanol–water partition coefficient (Wildman–Crippen LogP) is 3.55. The first-order chi connectivity index (χ1) is 13.8. The minimum absolute atomic E-state index is 0.281. The Labute approximate surface area is 181 Å². The zero-order valence-corrected chi connectivity index (χ0v) is 18.8. The SMILES string of the molecule is CCOc1cccc(N(CC(=O)NCCSCc2ccc(Cl)cc2)S(C)(=O)=O)c1. The van der Waals surface area contributed by atoms with E-state index in [2.05, 4.69) is 5.32 Å². The highest BCUT2D eigenvalue weighted by Crippen LogP contribution is 2.23. The number of rotatable bonds is 11. The molecule has 0 spiro atoms. The van der Waals surface area contributed by atoms with Crippen molar-refractivity contribution in [2.45, 2.75) is 12.7 Å². The molecule has 0 heterocycles. The molecule has 0 fully saturated rings. The third kappa shape index (κ3) is 8.16. The Morgan fingerprint density at radius 1 is 1.21 bits per heavy atom. The molecule has 2 aromatic carbocycles. The second-order valence-electron chi connectivity index (χ2n) is 6.23. The van der Waals surface area contributed by atoms with Gasteiger partial charge in [0.15, 0.2) is 0 Å². The smallest absolute Gasteiger partial charge is 0.240 e. The topological polar surface area (TPSA) is 75.7 Å². The van der Waals surface area contributed by atoms with Gasteiger partial charge in [-0.3, -0.25) is 9.10 Å². The maximum Gasteiger partial charge on any atom is 0.240 e. The number of nitrogens with zero attached hydrogens (tertiary/aromatic N) is 1. The lowest BCUT2D eigenvalue weighted by atomic mass is 10.2. The highest BCUT2D eigenvalue weighted by atomic mass is 35.5. The van der Waals surface area contributed by atoms with Crippen molar-refractivity contribution in [1.29, 1.82) is 0 Å². The van der Waals surface area contributed by atoms with E-state index in [0.29, 0.717) is 35.4 Å². The monoisotopic (exact) mass is 456 g/mol. The standard InChI is InChI=1S/C20H25ClN2O4S2/c1-3-27-19-6-4-5-18(13-19)23(29(2,25)26)14-20(24)22-11-12-28-15-16-7-9-17(21)10-8-16/h4-10,13H,3,11-12,14-15H2,1-2H3,(H,22,24). The van der Waals surface area contributed by atoms with Crippen LogP contribution in [0.25, 0.3) is 0 Å². The van der Waals surface area contributed by atoms with Crippen LogP contribution in [0.15, 0.2) is 48.5 Å². The average Bonchev–Trinajstić information content (AvgIpc) is 2.67. The second-order valence-corrected chi connectivity index (χ2v) is 9.68. The number of hydrogen-bond donors (Lipinski definition) is 1. The highest BCUT2D eigenvalue weighted by Gasteiger charge is 2.21. The van der Waals surface area contributed by atoms with E-state index in [0.717, 1.165) is 21.9 Å². The van der Waals surface area contributed by atoms with Gasteiger partial charge < -0.3 is 10.1 Å². The molecule has 29 heavy (non-hydrogen) atoms. The molecule has 0 aliphatic heterocycles. The molecular weight excluding hydrogens is 432 g/mol. The summed E-state index contributed by atoms with van der Waals surface area (Å²) in [4.78, 5) is 12.3. The van der Waals surface area contributed by atoms with E-state index in [1.54, 1.807) is 36.0 Å². The van der Waals surface area contributed by atoms with Crippen molar-refractivity contribution >= 4 is 45.0 Å². The van der Waals surface area contributed by atoms with Gasteiger partial charge in [0.2, 0.25) is 15.9 Å². The number of thioether (sulfide) groups is 1. The normalized spacial score (nSPS) is 11.1. The second kappa shape index (κ2) is 11.3. The number of ether oxygens (including phenoxy) is 1. The van der Waals surface area contributed by atoms with Crippen LogP contribution in [-0.4, -0.2) is 46.0 Å². The maximum atomic E-state index is 12.3. The third-order valence-electron chi connectivity index (χ3n) is 3.85. The van der Waals surface area contributed by atoms with E-state index in [1.807, 2.05) is 31.2 Å². The number of hydrogen-bond acceptors (Lipinski definition) is 5. The van der Waals surface area contributed by atoms with Gasteiger partial charge in [0.05, 0.1) is 18.6 Å². The molecule has 158 valence electrons. The van der Waals surface area contributed by atoms with Crippen molar-refractivity contribution in [1.82, 2.24) is 5.32 Å². The molecule has 2 rings (SSSR count). The zero-order valence-electron chi connectivity index (χ0n) is 16.4. The van der Waals surface area contributed by atoms with Crippen LogP contribution in [0.2, 0.25) is 5.02 Å². The fourth-order valence-corrected chi connectivity index (χ4v) is 4.31. The minimum atomic E-state index is -3.62. The van der Waals surface area contributed by atoms with E-state index < -0.39 is 10.0 Å². The minimum Gasteiger partial charge on any atom is -0.494 e. The number of carbonyl (C=O) groups excluding carboxylic acids is 1. The van der Waals surface area contributed by atoms with Crippen LogP contribution < -0.4 is 14.4 Å². The van der Waals surface area contributed by atoms with E-state index in [4.69, 9.17) is 16.3 Å². The molecule has 0 aliphatic rings. The summed E-state index contributed by atoms with van der Waals surface area (Å²) < 4.78 is 30.9. The van der Waals surface area contributed by atoms with Gasteiger partial charge in [0.1, 0.15) is 12.3 Å². The summed E-state index contributed by atoms with van der Waals surface area (Å²) in [6, 6.07) is 14.3. The van der Waals surface area contributed by atoms with E-state index in [1.165, 1.54) is 0 Å². The molecule has 0 saturated heterocycles. The third-order valence-corrected chi connectivity index (χ3v) is 6.28. The van der Waals surface area contributed by atoms with Crippen molar-refractivity contribution in [3.63, 3.8) is 0 Å². The van der Waals surface area contributed by atoms with Crippen molar-refractivity contribution in [3.05, 3.63) is 59.1 Å². The summed E-state index contributed by atoms with van der Waals surface area (Å²) >= 11 is 7.54. The summed E-state index contributed by atoms with van der Waals surface area (Å²) in [5.41, 5.74) is 1.55. The summed E-state index contributed by atoms with van der Waals surface area (Å²) in [6.07, 6.45) is 1.08. The molecule has 0 unspecified atom stereocenters. The zero-order chi connectivity index (χ0) is 21.3. The van der Waals surface area contributed by atoms with Crippen molar-refractivity contribution in [3.8, 4) is 5.75 Å². The van der Waals surface area contributed by atoms with Gasteiger partial charge in [-0.2, -0.15) is 11.8 Å². The van der Waals surface area contributed by atoms with Crippen LogP contribution in [0.1, 0.15) is 12.5 Å². The summed E-state index contributed by atoms with van der Waals surface area (Å²) in [5.74, 6) is 1.72. The van der Waals surface area contributed by atoms with E-state index in [9.17, 15) is 13.2 Å². The van der Waals surface area contributed by atoms with Gasteiger partial charge in [-0.1, -0.05) is 29.8 Å². The average molecular weight is 457 g/mol. The summed E-state index contributed by atoms with van der Waals surface area (Å²) in [7, 11) is -3.62. The van der Waals surface area contributed by atoms with Gasteiger partial charge in [0.25, 0.3) is 0 Å². The Morgan fingerprint density at radius 2 is 1.93 bits per heavy atom. The van der Waals surface area contributed by atoms with Crippen LogP contribution in [-0.2, 0) is 20.6 Å². The molecule has 0 bridgehead atoms. The summed E-state index contributed by atoms with van der Waals surface area (Å²) in [6.45, 7) is 2.49. The largest absolute Gasteiger partial charge is 0.494 e. The quantitative estimate of drug-likeness (QED) is 0.523. The molecule has 0 saturated carbocycles. The number of carbonyl (C=O) groups is 1. The van der Waals surface area contributed by atoms with Crippen LogP contribution in [0.3, 0.4) is 0 Å². The molecule has 6 nitrogen and oxygen atoms in total. The Balaban J connectivity index is 1.85. The highest BCUT2D eigenvalue weighted by molar-refractivity contribution is 7.98. The van der Waals surface area contributed by atoms with Crippen LogP contribution in [0.5, 0.6) is 5.75 Å². The fourth-order valence-electron chi connectivity index (χ4n) is 2.51.